The molecule has 6 heteroatoms. The topological polar surface area (TPSA) is 78.4 Å². The van der Waals surface area contributed by atoms with Crippen molar-refractivity contribution >= 4 is 29.3 Å². The van der Waals surface area contributed by atoms with Crippen LogP contribution in [0.15, 0.2) is 24.3 Å². The first-order valence-electron chi connectivity index (χ1n) is 6.59. The van der Waals surface area contributed by atoms with E-state index in [1.807, 2.05) is 0 Å². The molecule has 2 amide bonds. The molecular weight excluding hydrogens is 280 g/mol. The van der Waals surface area contributed by atoms with Crippen molar-refractivity contribution in [2.45, 2.75) is 19.3 Å². The van der Waals surface area contributed by atoms with Gasteiger partial charge < -0.3 is 15.7 Å². The molecule has 1 fully saturated rings. The summed E-state index contributed by atoms with van der Waals surface area (Å²) in [6.45, 7) is 0.378. The Kier molecular flexibility index (Phi) is 4.84. The van der Waals surface area contributed by atoms with Gasteiger partial charge in [-0.15, -0.1) is 0 Å². The van der Waals surface area contributed by atoms with Crippen molar-refractivity contribution in [2.75, 3.05) is 11.9 Å². The lowest BCUT2D eigenvalue weighted by atomic mass is 9.96. The smallest absolute Gasteiger partial charge is 0.319 e. The molecular formula is C14H17ClN2O3. The quantitative estimate of drug-likeness (QED) is 0.799. The highest BCUT2D eigenvalue weighted by Gasteiger charge is 2.32. The summed E-state index contributed by atoms with van der Waals surface area (Å²) < 4.78 is 0. The molecule has 0 saturated heterocycles. The molecule has 0 aromatic heterocycles. The Bertz CT molecular complexity index is 507. The first-order chi connectivity index (χ1) is 9.56. The van der Waals surface area contributed by atoms with E-state index in [0.29, 0.717) is 23.7 Å². The van der Waals surface area contributed by atoms with Crippen LogP contribution in [0, 0.1) is 11.8 Å². The third-order valence-corrected chi connectivity index (χ3v) is 3.82. The average molecular weight is 297 g/mol. The van der Waals surface area contributed by atoms with Gasteiger partial charge in [0.2, 0.25) is 0 Å². The molecule has 1 saturated carbocycles. The molecule has 108 valence electrons. The number of nitrogens with one attached hydrogen (secondary N) is 2. The molecule has 2 unspecified atom stereocenters. The monoisotopic (exact) mass is 296 g/mol. The third kappa shape index (κ3) is 3.87. The Morgan fingerprint density at radius 3 is 2.85 bits per heavy atom. The highest BCUT2D eigenvalue weighted by atomic mass is 35.5. The number of anilines is 1. The summed E-state index contributed by atoms with van der Waals surface area (Å²) in [6.07, 6.45) is 2.44. The number of carboxylic acid groups (broad SMARTS) is 1. The maximum atomic E-state index is 11.7. The molecule has 0 radical (unpaired) electrons. The fourth-order valence-corrected chi connectivity index (χ4v) is 2.76. The summed E-state index contributed by atoms with van der Waals surface area (Å²) in [5.41, 5.74) is 0.608. The van der Waals surface area contributed by atoms with Gasteiger partial charge in [0.25, 0.3) is 0 Å². The molecule has 3 N–H and O–H groups in total. The summed E-state index contributed by atoms with van der Waals surface area (Å²) in [6, 6.07) is 6.51. The molecule has 1 aromatic rings. The lowest BCUT2D eigenvalue weighted by molar-refractivity contribution is -0.142. The van der Waals surface area contributed by atoms with Crippen LogP contribution in [0.2, 0.25) is 5.02 Å². The van der Waals surface area contributed by atoms with Crippen LogP contribution in [0.4, 0.5) is 10.5 Å². The molecule has 20 heavy (non-hydrogen) atoms. The normalized spacial score (nSPS) is 21.4. The van der Waals surface area contributed by atoms with Crippen molar-refractivity contribution < 1.29 is 14.7 Å². The van der Waals surface area contributed by atoms with Crippen LogP contribution in [0.25, 0.3) is 0 Å². The predicted molar refractivity (Wildman–Crippen MR) is 76.9 cm³/mol. The van der Waals surface area contributed by atoms with E-state index in [1.165, 1.54) is 0 Å². The van der Waals surface area contributed by atoms with Gasteiger partial charge in [-0.25, -0.2) is 4.79 Å². The van der Waals surface area contributed by atoms with E-state index in [4.69, 9.17) is 16.7 Å². The van der Waals surface area contributed by atoms with Crippen molar-refractivity contribution in [3.05, 3.63) is 29.3 Å². The number of rotatable bonds is 4. The molecule has 1 aliphatic carbocycles. The summed E-state index contributed by atoms with van der Waals surface area (Å²) in [4.78, 5) is 22.8. The van der Waals surface area contributed by atoms with Gasteiger partial charge in [-0.3, -0.25) is 4.79 Å². The van der Waals surface area contributed by atoms with Crippen LogP contribution in [0.1, 0.15) is 19.3 Å². The number of amides is 2. The van der Waals surface area contributed by atoms with E-state index < -0.39 is 5.97 Å². The lowest BCUT2D eigenvalue weighted by Crippen LogP contribution is -2.35. The van der Waals surface area contributed by atoms with Gasteiger partial charge in [0.1, 0.15) is 0 Å². The maximum absolute atomic E-state index is 11.7. The van der Waals surface area contributed by atoms with Crippen molar-refractivity contribution in [3.8, 4) is 0 Å². The number of hydrogen-bond donors (Lipinski definition) is 3. The molecule has 5 nitrogen and oxygen atoms in total. The average Bonchev–Trinajstić information content (AvgIpc) is 2.85. The van der Waals surface area contributed by atoms with E-state index in [0.717, 1.165) is 12.8 Å². The number of hydrogen-bond acceptors (Lipinski definition) is 2. The highest BCUT2D eigenvalue weighted by molar-refractivity contribution is 6.30. The van der Waals surface area contributed by atoms with Crippen molar-refractivity contribution in [1.82, 2.24) is 5.32 Å². The minimum absolute atomic E-state index is 0.0117. The maximum Gasteiger partial charge on any atom is 0.319 e. The van der Waals surface area contributed by atoms with Crippen LogP contribution < -0.4 is 10.6 Å². The number of aliphatic carboxylic acids is 1. The predicted octanol–water partition coefficient (Wildman–Crippen LogP) is 2.96. The van der Waals surface area contributed by atoms with Crippen molar-refractivity contribution in [1.29, 1.82) is 0 Å². The van der Waals surface area contributed by atoms with Gasteiger partial charge in [0, 0.05) is 17.3 Å². The highest BCUT2D eigenvalue weighted by Crippen LogP contribution is 2.31. The second-order valence-corrected chi connectivity index (χ2v) is 5.42. The van der Waals surface area contributed by atoms with E-state index >= 15 is 0 Å². The minimum Gasteiger partial charge on any atom is -0.481 e. The van der Waals surface area contributed by atoms with Gasteiger partial charge in [0.15, 0.2) is 0 Å². The number of carbonyl (C=O) groups is 2. The first kappa shape index (κ1) is 14.7. The Morgan fingerprint density at radius 2 is 2.15 bits per heavy atom. The SMILES string of the molecule is O=C(NCC1CCCC1C(=O)O)Nc1cccc(Cl)c1. The fourth-order valence-electron chi connectivity index (χ4n) is 2.57. The molecule has 2 atom stereocenters. The third-order valence-electron chi connectivity index (χ3n) is 3.58. The van der Waals surface area contributed by atoms with Gasteiger partial charge in [-0.1, -0.05) is 24.1 Å². The summed E-state index contributed by atoms with van der Waals surface area (Å²) in [7, 11) is 0. The fraction of sp³-hybridized carbons (Fsp3) is 0.429. The Labute approximate surface area is 122 Å². The standard InChI is InChI=1S/C14H17ClN2O3/c15-10-4-2-5-11(7-10)17-14(20)16-8-9-3-1-6-12(9)13(18)19/h2,4-5,7,9,12H,1,3,6,8H2,(H,18,19)(H2,16,17,20). The van der Waals surface area contributed by atoms with E-state index in [2.05, 4.69) is 10.6 Å². The zero-order valence-corrected chi connectivity index (χ0v) is 11.7. The van der Waals surface area contributed by atoms with Crippen LogP contribution in [0.3, 0.4) is 0 Å². The van der Waals surface area contributed by atoms with E-state index in [1.54, 1.807) is 24.3 Å². The Balaban J connectivity index is 1.82. The lowest BCUT2D eigenvalue weighted by Gasteiger charge is -2.16. The number of carboxylic acids is 1. The van der Waals surface area contributed by atoms with Crippen LogP contribution in [-0.2, 0) is 4.79 Å². The van der Waals surface area contributed by atoms with Crippen LogP contribution in [0.5, 0.6) is 0 Å². The molecule has 0 heterocycles. The molecule has 0 aliphatic heterocycles. The molecule has 1 aromatic carbocycles. The molecule has 0 spiro atoms. The van der Waals surface area contributed by atoms with Gasteiger partial charge >= 0.3 is 12.0 Å². The number of benzene rings is 1. The molecule has 2 rings (SSSR count). The number of halogens is 1. The Hall–Kier alpha value is -1.75. The van der Waals surface area contributed by atoms with Gasteiger partial charge in [-0.05, 0) is 37.0 Å². The molecule has 0 bridgehead atoms. The molecule has 1 aliphatic rings. The van der Waals surface area contributed by atoms with Crippen LogP contribution in [-0.4, -0.2) is 23.7 Å². The Morgan fingerprint density at radius 1 is 1.35 bits per heavy atom. The summed E-state index contributed by atoms with van der Waals surface area (Å²) in [5.74, 6) is -1.11. The van der Waals surface area contributed by atoms with E-state index in [9.17, 15) is 9.59 Å². The van der Waals surface area contributed by atoms with E-state index in [-0.39, 0.29) is 17.9 Å². The summed E-state index contributed by atoms with van der Waals surface area (Å²) in [5, 5.41) is 15.0. The second-order valence-electron chi connectivity index (χ2n) is 4.98. The zero-order chi connectivity index (χ0) is 14.5. The van der Waals surface area contributed by atoms with Crippen molar-refractivity contribution in [2.24, 2.45) is 11.8 Å². The van der Waals surface area contributed by atoms with Crippen LogP contribution >= 0.6 is 11.6 Å². The van der Waals surface area contributed by atoms with Gasteiger partial charge in [-0.2, -0.15) is 0 Å². The zero-order valence-electron chi connectivity index (χ0n) is 10.9. The number of urea groups is 1. The van der Waals surface area contributed by atoms with Crippen molar-refractivity contribution in [3.63, 3.8) is 0 Å². The minimum atomic E-state index is -0.774. The first-order valence-corrected chi connectivity index (χ1v) is 6.97. The largest absolute Gasteiger partial charge is 0.481 e. The van der Waals surface area contributed by atoms with Gasteiger partial charge in [0.05, 0.1) is 5.92 Å². The number of carbonyl (C=O) groups excluding carboxylic acids is 1. The second kappa shape index (κ2) is 6.61. The summed E-state index contributed by atoms with van der Waals surface area (Å²) >= 11 is 5.83.